The third-order valence-corrected chi connectivity index (χ3v) is 8.49. The van der Waals surface area contributed by atoms with Crippen LogP contribution in [0, 0.1) is 0 Å². The molecule has 0 aliphatic rings. The van der Waals surface area contributed by atoms with Crippen LogP contribution >= 0.6 is 0 Å². The van der Waals surface area contributed by atoms with E-state index in [4.69, 9.17) is 18.9 Å². The number of rotatable bonds is 12. The molecule has 0 saturated carbocycles. The van der Waals surface area contributed by atoms with Crippen LogP contribution in [-0.4, -0.2) is 19.6 Å². The zero-order valence-electron chi connectivity index (χ0n) is 26.1. The van der Waals surface area contributed by atoms with Crippen molar-refractivity contribution in [1.29, 1.82) is 0 Å². The minimum absolute atomic E-state index is 0.308. The average Bonchev–Trinajstić information content (AvgIpc) is 2.97. The normalized spacial score (nSPS) is 12.0. The molecule has 43 heavy (non-hydrogen) atoms. The number of carbonyl (C=O) groups is 1. The lowest BCUT2D eigenvalue weighted by atomic mass is 10.1. The summed E-state index contributed by atoms with van der Waals surface area (Å²) in [6, 6.07) is 33.8. The summed E-state index contributed by atoms with van der Waals surface area (Å²) >= 11 is 0. The Morgan fingerprint density at radius 2 is 1.07 bits per heavy atom. The van der Waals surface area contributed by atoms with E-state index >= 15 is 0 Å². The highest BCUT2D eigenvalue weighted by Gasteiger charge is 2.31. The minimum Gasteiger partial charge on any atom is -0.485 e. The summed E-state index contributed by atoms with van der Waals surface area (Å²) in [6.45, 7) is 13.1. The molecule has 0 radical (unpaired) electrons. The monoisotopic (exact) mass is 594 g/mol. The van der Waals surface area contributed by atoms with Gasteiger partial charge in [-0.1, -0.05) is 111 Å². The first-order valence-electron chi connectivity index (χ1n) is 14.6. The van der Waals surface area contributed by atoms with Crippen molar-refractivity contribution in [3.8, 4) is 17.2 Å². The Bertz CT molecular complexity index is 1500. The van der Waals surface area contributed by atoms with E-state index in [1.165, 1.54) is 0 Å². The van der Waals surface area contributed by atoms with Crippen LogP contribution in [0.1, 0.15) is 43.0 Å². The Kier molecular flexibility index (Phi) is 10.5. The molecule has 0 aliphatic carbocycles. The molecule has 0 saturated heterocycles. The number of hydrogen-bond donors (Lipinski definition) is 0. The van der Waals surface area contributed by atoms with Crippen molar-refractivity contribution in [3.05, 3.63) is 131 Å². The Hall–Kier alpha value is -4.29. The summed E-state index contributed by atoms with van der Waals surface area (Å²) in [6.07, 6.45) is 1.91. The second-order valence-electron chi connectivity index (χ2n) is 12.4. The molecular weight excluding hydrogens is 552 g/mol. The number of ether oxygens (including phenoxy) is 4. The Morgan fingerprint density at radius 3 is 1.51 bits per heavy atom. The van der Waals surface area contributed by atoms with Crippen LogP contribution < -0.4 is 14.2 Å². The van der Waals surface area contributed by atoms with Crippen molar-refractivity contribution in [3.63, 3.8) is 0 Å². The van der Waals surface area contributed by atoms with Crippen molar-refractivity contribution in [2.45, 2.75) is 65.8 Å². The first-order valence-corrected chi connectivity index (χ1v) is 18.1. The van der Waals surface area contributed by atoms with E-state index in [-0.39, 0.29) is 5.97 Å². The van der Waals surface area contributed by atoms with Crippen molar-refractivity contribution in [1.82, 2.24) is 0 Å². The van der Waals surface area contributed by atoms with E-state index in [0.717, 1.165) is 22.3 Å². The van der Waals surface area contributed by atoms with Crippen LogP contribution in [0.3, 0.4) is 0 Å². The Morgan fingerprint density at radius 1 is 0.628 bits per heavy atom. The highest BCUT2D eigenvalue weighted by molar-refractivity contribution is 6.87. The molecule has 4 rings (SSSR count). The molecule has 0 N–H and O–H groups in total. The standard InChI is InChI=1S/C37H42O5Si/c1-37(2,3)42-36(38)33(43(4,5)6)24-31-22-23-32(39-25-28-16-10-7-11-17-28)35(41-27-30-20-14-9-15-21-30)34(31)40-26-29-18-12-8-13-19-29/h7-24H,25-27H2,1-6H3/b33-24-. The molecular formula is C37H42O5Si. The van der Waals surface area contributed by atoms with Crippen LogP contribution in [0.4, 0.5) is 0 Å². The van der Waals surface area contributed by atoms with Crippen LogP contribution in [-0.2, 0) is 29.4 Å². The SMILES string of the molecule is CC(C)(C)OC(=O)/C(=C/c1ccc(OCc2ccccc2)c(OCc2ccccc2)c1OCc1ccccc1)[Si](C)(C)C. The van der Waals surface area contributed by atoms with Crippen molar-refractivity contribution in [2.24, 2.45) is 0 Å². The first-order chi connectivity index (χ1) is 20.5. The molecule has 224 valence electrons. The Labute approximate surface area is 257 Å². The zero-order chi connectivity index (χ0) is 30.9. The lowest BCUT2D eigenvalue weighted by molar-refractivity contribution is -0.149. The molecule has 5 nitrogen and oxygen atoms in total. The van der Waals surface area contributed by atoms with E-state index in [2.05, 4.69) is 19.6 Å². The van der Waals surface area contributed by atoms with Gasteiger partial charge in [0.25, 0.3) is 0 Å². The van der Waals surface area contributed by atoms with Gasteiger partial charge in [0.1, 0.15) is 25.4 Å². The second kappa shape index (κ2) is 14.3. The predicted molar refractivity (Wildman–Crippen MR) is 176 cm³/mol. The molecule has 0 aliphatic heterocycles. The Balaban J connectivity index is 1.82. The lowest BCUT2D eigenvalue weighted by Crippen LogP contribution is -2.34. The molecule has 0 aromatic heterocycles. The fourth-order valence-electron chi connectivity index (χ4n) is 4.34. The van der Waals surface area contributed by atoms with Gasteiger partial charge in [0.05, 0.1) is 8.07 Å². The van der Waals surface area contributed by atoms with Gasteiger partial charge >= 0.3 is 5.97 Å². The molecule has 6 heteroatoms. The van der Waals surface area contributed by atoms with Crippen LogP contribution in [0.25, 0.3) is 6.08 Å². The minimum atomic E-state index is -2.14. The van der Waals surface area contributed by atoms with E-state index in [0.29, 0.717) is 42.3 Å². The molecule has 0 fully saturated rings. The number of carbonyl (C=O) groups excluding carboxylic acids is 1. The van der Waals surface area contributed by atoms with Crippen LogP contribution in [0.5, 0.6) is 17.2 Å². The maximum atomic E-state index is 13.5. The number of benzene rings is 4. The van der Waals surface area contributed by atoms with Crippen molar-refractivity contribution < 1.29 is 23.7 Å². The molecule has 0 amide bonds. The third-order valence-electron chi connectivity index (χ3n) is 6.52. The van der Waals surface area contributed by atoms with E-state index < -0.39 is 13.7 Å². The summed E-state index contributed by atoms with van der Waals surface area (Å²) < 4.78 is 25.2. The van der Waals surface area contributed by atoms with Crippen molar-refractivity contribution in [2.75, 3.05) is 0 Å². The largest absolute Gasteiger partial charge is 0.485 e. The summed E-state index contributed by atoms with van der Waals surface area (Å²) in [7, 11) is -2.14. The van der Waals surface area contributed by atoms with Gasteiger partial charge in [-0.25, -0.2) is 4.79 Å². The van der Waals surface area contributed by atoms with Gasteiger partial charge in [-0.2, -0.15) is 0 Å². The molecule has 0 spiro atoms. The summed E-state index contributed by atoms with van der Waals surface area (Å²) in [5, 5.41) is 0.666. The lowest BCUT2D eigenvalue weighted by Gasteiger charge is -2.26. The highest BCUT2D eigenvalue weighted by atomic mass is 28.3. The number of esters is 1. The molecule has 0 atom stereocenters. The van der Waals surface area contributed by atoms with Gasteiger partial charge in [0, 0.05) is 10.8 Å². The van der Waals surface area contributed by atoms with E-state index in [9.17, 15) is 4.79 Å². The average molecular weight is 595 g/mol. The molecule has 4 aromatic rings. The van der Waals surface area contributed by atoms with Gasteiger partial charge in [-0.3, -0.25) is 0 Å². The number of hydrogen-bond acceptors (Lipinski definition) is 5. The second-order valence-corrected chi connectivity index (χ2v) is 17.5. The van der Waals surface area contributed by atoms with E-state index in [1.54, 1.807) is 0 Å². The summed E-state index contributed by atoms with van der Waals surface area (Å²) in [5.41, 5.74) is 3.19. The predicted octanol–water partition coefficient (Wildman–Crippen LogP) is 9.03. The smallest absolute Gasteiger partial charge is 0.330 e. The fourth-order valence-corrected chi connectivity index (χ4v) is 5.59. The van der Waals surface area contributed by atoms with Crippen LogP contribution in [0.15, 0.2) is 108 Å². The van der Waals surface area contributed by atoms with Crippen molar-refractivity contribution >= 4 is 20.1 Å². The van der Waals surface area contributed by atoms with Gasteiger partial charge in [0.2, 0.25) is 5.75 Å². The summed E-state index contributed by atoms with van der Waals surface area (Å²) in [4.78, 5) is 13.5. The zero-order valence-corrected chi connectivity index (χ0v) is 27.1. The quantitative estimate of drug-likeness (QED) is 0.0931. The highest BCUT2D eigenvalue weighted by Crippen LogP contribution is 2.43. The first kappa shape index (κ1) is 31.6. The van der Waals surface area contributed by atoms with Gasteiger partial charge in [-0.15, -0.1) is 0 Å². The summed E-state index contributed by atoms with van der Waals surface area (Å²) in [5.74, 6) is 1.26. The molecule has 0 bridgehead atoms. The van der Waals surface area contributed by atoms with Gasteiger partial charge in [-0.05, 0) is 55.7 Å². The van der Waals surface area contributed by atoms with Crippen LogP contribution in [0.2, 0.25) is 19.6 Å². The van der Waals surface area contributed by atoms with E-state index in [1.807, 2.05) is 130 Å². The topological polar surface area (TPSA) is 54.0 Å². The maximum absolute atomic E-state index is 13.5. The molecule has 4 aromatic carbocycles. The molecule has 0 unspecified atom stereocenters. The molecule has 0 heterocycles. The fraction of sp³-hybridized carbons (Fsp3) is 0.270. The maximum Gasteiger partial charge on any atom is 0.330 e. The third kappa shape index (κ3) is 9.62. The van der Waals surface area contributed by atoms with Gasteiger partial charge in [0.15, 0.2) is 11.5 Å². The van der Waals surface area contributed by atoms with Gasteiger partial charge < -0.3 is 18.9 Å².